The molecule has 0 amide bonds. The van der Waals surface area contributed by atoms with Crippen molar-refractivity contribution < 1.29 is 0 Å². The molecule has 0 saturated carbocycles. The summed E-state index contributed by atoms with van der Waals surface area (Å²) in [6.07, 6.45) is 0. The second-order valence-electron chi connectivity index (χ2n) is 4.45. The molecule has 84 valence electrons. The minimum atomic E-state index is 0.586. The predicted molar refractivity (Wildman–Crippen MR) is 74.1 cm³/mol. The lowest BCUT2D eigenvalue weighted by atomic mass is 9.94. The summed E-state index contributed by atoms with van der Waals surface area (Å²) in [4.78, 5) is 0. The summed E-state index contributed by atoms with van der Waals surface area (Å²) < 4.78 is 0. The third kappa shape index (κ3) is 1.51. The van der Waals surface area contributed by atoms with E-state index in [1.165, 1.54) is 32.7 Å². The summed E-state index contributed by atoms with van der Waals surface area (Å²) >= 11 is 0. The van der Waals surface area contributed by atoms with E-state index >= 15 is 0 Å². The van der Waals surface area contributed by atoms with Crippen molar-refractivity contribution in [1.29, 1.82) is 0 Å². The summed E-state index contributed by atoms with van der Waals surface area (Å²) in [5.41, 5.74) is 8.51. The van der Waals surface area contributed by atoms with Gasteiger partial charge in [-0.05, 0) is 45.7 Å². The zero-order valence-corrected chi connectivity index (χ0v) is 9.90. The highest BCUT2D eigenvalue weighted by Gasteiger charge is 2.07. The van der Waals surface area contributed by atoms with Crippen molar-refractivity contribution >= 4 is 21.5 Å². The largest absolute Gasteiger partial charge is 0.326 e. The van der Waals surface area contributed by atoms with Crippen LogP contribution in [0.15, 0.2) is 48.5 Å². The normalized spacial score (nSPS) is 11.2. The first-order valence-corrected chi connectivity index (χ1v) is 5.91. The SMILES string of the molecule is Cc1cccc2cc3ccccc3c(CN)c12. The van der Waals surface area contributed by atoms with Crippen molar-refractivity contribution in [2.24, 2.45) is 5.73 Å². The molecule has 2 N–H and O–H groups in total. The molecule has 0 aliphatic heterocycles. The summed E-state index contributed by atoms with van der Waals surface area (Å²) in [7, 11) is 0. The van der Waals surface area contributed by atoms with Crippen LogP contribution in [0.3, 0.4) is 0 Å². The lowest BCUT2D eigenvalue weighted by Crippen LogP contribution is -1.99. The topological polar surface area (TPSA) is 26.0 Å². The summed E-state index contributed by atoms with van der Waals surface area (Å²) in [6, 6.07) is 17.1. The number of hydrogen-bond donors (Lipinski definition) is 1. The Bertz CT molecular complexity index is 698. The minimum Gasteiger partial charge on any atom is -0.326 e. The van der Waals surface area contributed by atoms with E-state index in [0.29, 0.717) is 6.54 Å². The Kier molecular flexibility index (Phi) is 2.34. The third-order valence-corrected chi connectivity index (χ3v) is 3.41. The van der Waals surface area contributed by atoms with Crippen molar-refractivity contribution in [2.75, 3.05) is 0 Å². The Hall–Kier alpha value is -1.86. The first-order valence-electron chi connectivity index (χ1n) is 5.91. The smallest absolute Gasteiger partial charge is 0.0190 e. The maximum atomic E-state index is 5.95. The van der Waals surface area contributed by atoms with Gasteiger partial charge in [-0.25, -0.2) is 0 Å². The van der Waals surface area contributed by atoms with E-state index in [1.807, 2.05) is 0 Å². The average molecular weight is 221 g/mol. The Morgan fingerprint density at radius 2 is 1.71 bits per heavy atom. The van der Waals surface area contributed by atoms with E-state index in [-0.39, 0.29) is 0 Å². The van der Waals surface area contributed by atoms with E-state index in [4.69, 9.17) is 5.73 Å². The van der Waals surface area contributed by atoms with Gasteiger partial charge in [0.25, 0.3) is 0 Å². The molecule has 0 aromatic heterocycles. The second kappa shape index (κ2) is 3.86. The fourth-order valence-corrected chi connectivity index (χ4v) is 2.63. The van der Waals surface area contributed by atoms with Gasteiger partial charge in [0.15, 0.2) is 0 Å². The van der Waals surface area contributed by atoms with Crippen molar-refractivity contribution in [3.63, 3.8) is 0 Å². The Morgan fingerprint density at radius 3 is 2.53 bits per heavy atom. The number of benzene rings is 3. The lowest BCUT2D eigenvalue weighted by molar-refractivity contribution is 1.10. The quantitative estimate of drug-likeness (QED) is 0.622. The molecule has 0 heterocycles. The van der Waals surface area contributed by atoms with Crippen LogP contribution in [0.1, 0.15) is 11.1 Å². The number of nitrogens with two attached hydrogens (primary N) is 1. The average Bonchev–Trinajstić information content (AvgIpc) is 2.36. The second-order valence-corrected chi connectivity index (χ2v) is 4.45. The highest BCUT2D eigenvalue weighted by Crippen LogP contribution is 2.30. The molecule has 0 unspecified atom stereocenters. The molecule has 0 atom stereocenters. The fraction of sp³-hybridized carbons (Fsp3) is 0.125. The van der Waals surface area contributed by atoms with Crippen LogP contribution in [0, 0.1) is 6.92 Å². The van der Waals surface area contributed by atoms with Gasteiger partial charge in [-0.15, -0.1) is 0 Å². The van der Waals surface area contributed by atoms with Gasteiger partial charge in [0.1, 0.15) is 0 Å². The van der Waals surface area contributed by atoms with Crippen molar-refractivity contribution in [2.45, 2.75) is 13.5 Å². The number of hydrogen-bond acceptors (Lipinski definition) is 1. The van der Waals surface area contributed by atoms with Crippen molar-refractivity contribution in [3.8, 4) is 0 Å². The zero-order valence-electron chi connectivity index (χ0n) is 9.90. The first-order chi connectivity index (χ1) is 8.31. The monoisotopic (exact) mass is 221 g/mol. The van der Waals surface area contributed by atoms with Crippen LogP contribution in [0.25, 0.3) is 21.5 Å². The van der Waals surface area contributed by atoms with Crippen LogP contribution < -0.4 is 5.73 Å². The standard InChI is InChI=1S/C16H15N/c1-11-5-4-7-13-9-12-6-2-3-8-14(12)15(10-17)16(11)13/h2-9H,10,17H2,1H3. The van der Waals surface area contributed by atoms with E-state index in [1.54, 1.807) is 0 Å². The van der Waals surface area contributed by atoms with Crippen LogP contribution >= 0.6 is 0 Å². The minimum absolute atomic E-state index is 0.586. The molecule has 3 aromatic carbocycles. The summed E-state index contributed by atoms with van der Waals surface area (Å²) in [5, 5.41) is 5.14. The van der Waals surface area contributed by atoms with E-state index in [2.05, 4.69) is 55.5 Å². The molecule has 17 heavy (non-hydrogen) atoms. The molecule has 0 radical (unpaired) electrons. The molecule has 0 spiro atoms. The zero-order chi connectivity index (χ0) is 11.8. The highest BCUT2D eigenvalue weighted by atomic mass is 14.5. The number of fused-ring (bicyclic) bond motifs is 2. The maximum absolute atomic E-state index is 5.95. The van der Waals surface area contributed by atoms with Crippen LogP contribution in [0.2, 0.25) is 0 Å². The van der Waals surface area contributed by atoms with Crippen molar-refractivity contribution in [3.05, 3.63) is 59.7 Å². The molecule has 0 aliphatic carbocycles. The van der Waals surface area contributed by atoms with Crippen LogP contribution in [-0.2, 0) is 6.54 Å². The predicted octanol–water partition coefficient (Wildman–Crippen LogP) is 3.76. The molecular weight excluding hydrogens is 206 g/mol. The van der Waals surface area contributed by atoms with Gasteiger partial charge in [-0.3, -0.25) is 0 Å². The van der Waals surface area contributed by atoms with Crippen LogP contribution in [0.4, 0.5) is 0 Å². The van der Waals surface area contributed by atoms with E-state index < -0.39 is 0 Å². The molecule has 1 nitrogen and oxygen atoms in total. The Balaban J connectivity index is 2.59. The molecular formula is C16H15N. The fourth-order valence-electron chi connectivity index (χ4n) is 2.63. The summed E-state index contributed by atoms with van der Waals surface area (Å²) in [6.45, 7) is 2.74. The number of aryl methyl sites for hydroxylation is 1. The van der Waals surface area contributed by atoms with Crippen LogP contribution in [0.5, 0.6) is 0 Å². The van der Waals surface area contributed by atoms with Gasteiger partial charge in [0, 0.05) is 6.54 Å². The Labute approximate surface area is 101 Å². The van der Waals surface area contributed by atoms with Gasteiger partial charge in [-0.2, -0.15) is 0 Å². The van der Waals surface area contributed by atoms with Gasteiger partial charge < -0.3 is 5.73 Å². The molecule has 1 heteroatoms. The summed E-state index contributed by atoms with van der Waals surface area (Å²) in [5.74, 6) is 0. The van der Waals surface area contributed by atoms with Gasteiger partial charge in [0.2, 0.25) is 0 Å². The van der Waals surface area contributed by atoms with Gasteiger partial charge in [-0.1, -0.05) is 42.5 Å². The number of rotatable bonds is 1. The highest BCUT2D eigenvalue weighted by molar-refractivity contribution is 6.03. The first kappa shape index (κ1) is 10.3. The molecule has 0 fully saturated rings. The maximum Gasteiger partial charge on any atom is 0.0190 e. The Morgan fingerprint density at radius 1 is 0.941 bits per heavy atom. The lowest BCUT2D eigenvalue weighted by Gasteiger charge is -2.11. The van der Waals surface area contributed by atoms with Crippen LogP contribution in [-0.4, -0.2) is 0 Å². The van der Waals surface area contributed by atoms with E-state index in [0.717, 1.165) is 0 Å². The van der Waals surface area contributed by atoms with Gasteiger partial charge in [0.05, 0.1) is 0 Å². The molecule has 3 rings (SSSR count). The third-order valence-electron chi connectivity index (χ3n) is 3.41. The molecule has 0 bridgehead atoms. The van der Waals surface area contributed by atoms with Gasteiger partial charge >= 0.3 is 0 Å². The van der Waals surface area contributed by atoms with Crippen molar-refractivity contribution in [1.82, 2.24) is 0 Å². The molecule has 0 saturated heterocycles. The molecule has 3 aromatic rings. The molecule has 0 aliphatic rings. The van der Waals surface area contributed by atoms with E-state index in [9.17, 15) is 0 Å².